The lowest BCUT2D eigenvalue weighted by Crippen LogP contribution is -2.21. The van der Waals surface area contributed by atoms with E-state index < -0.39 is 5.91 Å². The summed E-state index contributed by atoms with van der Waals surface area (Å²) in [7, 11) is 0. The standard InChI is InChI=1S/C23H20N4O3/c1-16(28)25-19-13-11-17(12-14-19)15-24-27-23(30)20-9-5-6-10-21(20)26-22(29)18-7-3-2-4-8-18/h2-15H,1H3,(H,25,28)(H,26,29)(H,27,30)/b24-15-. The number of hydrogen-bond acceptors (Lipinski definition) is 4. The third-order valence-corrected chi connectivity index (χ3v) is 4.07. The molecule has 0 heterocycles. The zero-order valence-corrected chi connectivity index (χ0v) is 16.3. The van der Waals surface area contributed by atoms with Crippen LogP contribution in [-0.4, -0.2) is 23.9 Å². The molecule has 3 aromatic rings. The fourth-order valence-corrected chi connectivity index (χ4v) is 2.66. The fourth-order valence-electron chi connectivity index (χ4n) is 2.66. The number of benzene rings is 3. The predicted molar refractivity (Wildman–Crippen MR) is 117 cm³/mol. The maximum absolute atomic E-state index is 12.5. The van der Waals surface area contributed by atoms with Crippen LogP contribution >= 0.6 is 0 Å². The number of carbonyl (C=O) groups excluding carboxylic acids is 3. The van der Waals surface area contributed by atoms with E-state index in [1.165, 1.54) is 13.1 Å². The molecule has 0 radical (unpaired) electrons. The van der Waals surface area contributed by atoms with Gasteiger partial charge >= 0.3 is 0 Å². The lowest BCUT2D eigenvalue weighted by atomic mass is 10.1. The van der Waals surface area contributed by atoms with Crippen molar-refractivity contribution < 1.29 is 14.4 Å². The minimum Gasteiger partial charge on any atom is -0.326 e. The lowest BCUT2D eigenvalue weighted by Gasteiger charge is -2.10. The highest BCUT2D eigenvalue weighted by molar-refractivity contribution is 6.09. The van der Waals surface area contributed by atoms with Crippen molar-refractivity contribution in [1.29, 1.82) is 0 Å². The Kier molecular flexibility index (Phi) is 6.68. The predicted octanol–water partition coefficient (Wildman–Crippen LogP) is 3.66. The van der Waals surface area contributed by atoms with Crippen molar-refractivity contribution in [1.82, 2.24) is 5.43 Å². The molecule has 0 aromatic heterocycles. The molecule has 3 aromatic carbocycles. The molecule has 3 N–H and O–H groups in total. The topological polar surface area (TPSA) is 99.7 Å². The molecule has 0 aliphatic rings. The number of anilines is 2. The van der Waals surface area contributed by atoms with E-state index in [2.05, 4.69) is 21.2 Å². The number of nitrogens with zero attached hydrogens (tertiary/aromatic N) is 1. The first-order valence-electron chi connectivity index (χ1n) is 9.19. The van der Waals surface area contributed by atoms with E-state index in [1.807, 2.05) is 6.07 Å². The zero-order valence-electron chi connectivity index (χ0n) is 16.3. The van der Waals surface area contributed by atoms with Crippen molar-refractivity contribution in [3.05, 3.63) is 95.6 Å². The number of hydrogen-bond donors (Lipinski definition) is 3. The lowest BCUT2D eigenvalue weighted by molar-refractivity contribution is -0.114. The average molecular weight is 400 g/mol. The number of rotatable bonds is 6. The van der Waals surface area contributed by atoms with Gasteiger partial charge in [0, 0.05) is 18.2 Å². The van der Waals surface area contributed by atoms with Gasteiger partial charge in [-0.2, -0.15) is 5.10 Å². The van der Waals surface area contributed by atoms with Gasteiger partial charge in [-0.15, -0.1) is 0 Å². The summed E-state index contributed by atoms with van der Waals surface area (Å²) in [6.45, 7) is 1.44. The van der Waals surface area contributed by atoms with Crippen LogP contribution in [0.3, 0.4) is 0 Å². The van der Waals surface area contributed by atoms with Crippen LogP contribution in [-0.2, 0) is 4.79 Å². The highest BCUT2D eigenvalue weighted by Crippen LogP contribution is 2.16. The molecular formula is C23H20N4O3. The summed E-state index contributed by atoms with van der Waals surface area (Å²) < 4.78 is 0. The minimum absolute atomic E-state index is 0.151. The maximum Gasteiger partial charge on any atom is 0.273 e. The summed E-state index contributed by atoms with van der Waals surface area (Å²) in [6.07, 6.45) is 1.49. The second-order valence-corrected chi connectivity index (χ2v) is 6.37. The molecule has 0 saturated heterocycles. The van der Waals surface area contributed by atoms with Crippen LogP contribution in [0, 0.1) is 0 Å². The summed E-state index contributed by atoms with van der Waals surface area (Å²) in [5, 5.41) is 9.39. The van der Waals surface area contributed by atoms with E-state index in [0.717, 1.165) is 5.56 Å². The van der Waals surface area contributed by atoms with E-state index in [9.17, 15) is 14.4 Å². The van der Waals surface area contributed by atoms with Crippen LogP contribution in [0.1, 0.15) is 33.2 Å². The van der Waals surface area contributed by atoms with Gasteiger partial charge in [0.2, 0.25) is 5.91 Å². The van der Waals surface area contributed by atoms with Crippen molar-refractivity contribution in [3.8, 4) is 0 Å². The van der Waals surface area contributed by atoms with Gasteiger partial charge in [-0.05, 0) is 42.0 Å². The van der Waals surface area contributed by atoms with Gasteiger partial charge in [0.15, 0.2) is 0 Å². The molecule has 0 saturated carbocycles. The van der Waals surface area contributed by atoms with Gasteiger partial charge in [-0.25, -0.2) is 5.43 Å². The Morgan fingerprint density at radius 1 is 0.767 bits per heavy atom. The fraction of sp³-hybridized carbons (Fsp3) is 0.0435. The number of para-hydroxylation sites is 1. The van der Waals surface area contributed by atoms with Crippen LogP contribution < -0.4 is 16.1 Å². The SMILES string of the molecule is CC(=O)Nc1ccc(/C=N\NC(=O)c2ccccc2NC(=O)c2ccccc2)cc1. The van der Waals surface area contributed by atoms with Gasteiger partial charge in [0.25, 0.3) is 11.8 Å². The summed E-state index contributed by atoms with van der Waals surface area (Å²) in [5.74, 6) is -0.912. The third-order valence-electron chi connectivity index (χ3n) is 4.07. The molecule has 0 unspecified atom stereocenters. The molecule has 3 amide bonds. The van der Waals surface area contributed by atoms with Gasteiger partial charge in [-0.3, -0.25) is 14.4 Å². The first-order chi connectivity index (χ1) is 14.5. The van der Waals surface area contributed by atoms with Crippen LogP contribution in [0.2, 0.25) is 0 Å². The Balaban J connectivity index is 1.65. The Labute approximate surface area is 173 Å². The molecule has 0 spiro atoms. The van der Waals surface area contributed by atoms with Crippen molar-refractivity contribution in [2.75, 3.05) is 10.6 Å². The smallest absolute Gasteiger partial charge is 0.273 e. The molecule has 3 rings (SSSR count). The van der Waals surface area contributed by atoms with Crippen molar-refractivity contribution in [2.45, 2.75) is 6.92 Å². The Hall–Kier alpha value is -4.26. The molecule has 7 nitrogen and oxygen atoms in total. The Morgan fingerprint density at radius 2 is 1.43 bits per heavy atom. The Morgan fingerprint density at radius 3 is 2.13 bits per heavy atom. The highest BCUT2D eigenvalue weighted by atomic mass is 16.2. The van der Waals surface area contributed by atoms with Crippen molar-refractivity contribution in [2.24, 2.45) is 5.10 Å². The van der Waals surface area contributed by atoms with Gasteiger partial charge < -0.3 is 10.6 Å². The summed E-state index contributed by atoms with van der Waals surface area (Å²) in [4.78, 5) is 36.0. The van der Waals surface area contributed by atoms with E-state index >= 15 is 0 Å². The molecule has 7 heteroatoms. The van der Waals surface area contributed by atoms with Crippen molar-refractivity contribution in [3.63, 3.8) is 0 Å². The Bertz CT molecular complexity index is 1080. The average Bonchev–Trinajstić information content (AvgIpc) is 2.75. The molecule has 0 aliphatic carbocycles. The first kappa shape index (κ1) is 20.5. The third kappa shape index (κ3) is 5.62. The first-order valence-corrected chi connectivity index (χ1v) is 9.19. The van der Waals surface area contributed by atoms with Gasteiger partial charge in [0.1, 0.15) is 0 Å². The maximum atomic E-state index is 12.5. The van der Waals surface area contributed by atoms with E-state index in [0.29, 0.717) is 22.5 Å². The van der Waals surface area contributed by atoms with Crippen LogP contribution in [0.15, 0.2) is 84.0 Å². The van der Waals surface area contributed by atoms with Crippen molar-refractivity contribution >= 4 is 35.3 Å². The molecule has 0 atom stereocenters. The normalized spacial score (nSPS) is 10.4. The van der Waals surface area contributed by atoms with E-state index in [-0.39, 0.29) is 11.8 Å². The number of carbonyl (C=O) groups is 3. The molecule has 150 valence electrons. The van der Waals surface area contributed by atoms with Gasteiger partial charge in [0.05, 0.1) is 17.5 Å². The second kappa shape index (κ2) is 9.79. The molecule has 0 bridgehead atoms. The quantitative estimate of drug-likeness (QED) is 0.435. The highest BCUT2D eigenvalue weighted by Gasteiger charge is 2.13. The van der Waals surface area contributed by atoms with Crippen LogP contribution in [0.4, 0.5) is 11.4 Å². The second-order valence-electron chi connectivity index (χ2n) is 6.37. The molecular weight excluding hydrogens is 380 g/mol. The molecule has 0 fully saturated rings. The molecule has 30 heavy (non-hydrogen) atoms. The number of nitrogens with one attached hydrogen (secondary N) is 3. The molecule has 0 aliphatic heterocycles. The monoisotopic (exact) mass is 400 g/mol. The van der Waals surface area contributed by atoms with Crippen LogP contribution in [0.25, 0.3) is 0 Å². The van der Waals surface area contributed by atoms with Gasteiger partial charge in [-0.1, -0.05) is 42.5 Å². The summed E-state index contributed by atoms with van der Waals surface area (Å²) in [5.41, 5.74) is 5.05. The van der Waals surface area contributed by atoms with E-state index in [1.54, 1.807) is 72.8 Å². The minimum atomic E-state index is -0.454. The summed E-state index contributed by atoms with van der Waals surface area (Å²) in [6, 6.07) is 22.4. The largest absolute Gasteiger partial charge is 0.326 e. The number of amides is 3. The zero-order chi connectivity index (χ0) is 21.3. The summed E-state index contributed by atoms with van der Waals surface area (Å²) >= 11 is 0. The number of hydrazone groups is 1. The van der Waals surface area contributed by atoms with E-state index in [4.69, 9.17) is 0 Å². The van der Waals surface area contributed by atoms with Crippen LogP contribution in [0.5, 0.6) is 0 Å².